The zero-order valence-corrected chi connectivity index (χ0v) is 18.2. The number of fused-ring (bicyclic) bond motifs is 2. The Bertz CT molecular complexity index is 1460. The number of para-hydroxylation sites is 2. The van der Waals surface area contributed by atoms with Crippen LogP contribution >= 0.6 is 0 Å². The number of benzene rings is 2. The van der Waals surface area contributed by atoms with E-state index in [-0.39, 0.29) is 11.8 Å². The number of nitrogens with zero attached hydrogens (tertiary/aromatic N) is 1. The quantitative estimate of drug-likeness (QED) is 0.343. The number of nitrogens with one attached hydrogen (secondary N) is 3. The topological polar surface area (TPSA) is 137 Å². The maximum absolute atomic E-state index is 13.4. The number of carboxylic acid groups (broad SMARTS) is 1. The number of rotatable bonds is 7. The Morgan fingerprint density at radius 1 is 1.00 bits per heavy atom. The van der Waals surface area contributed by atoms with E-state index in [0.29, 0.717) is 5.52 Å². The number of carboxylic acids is 1. The van der Waals surface area contributed by atoms with Crippen molar-refractivity contribution >= 4 is 33.7 Å². The van der Waals surface area contributed by atoms with Gasteiger partial charge < -0.3 is 20.4 Å². The first-order valence-corrected chi connectivity index (χ1v) is 10.6. The van der Waals surface area contributed by atoms with Gasteiger partial charge in [0.2, 0.25) is 5.91 Å². The van der Waals surface area contributed by atoms with Gasteiger partial charge in [0.25, 0.3) is 5.56 Å². The number of aliphatic carboxylic acids is 1. The summed E-state index contributed by atoms with van der Waals surface area (Å²) in [6.45, 7) is 3.34. The van der Waals surface area contributed by atoms with Crippen LogP contribution in [0.15, 0.2) is 64.3 Å². The van der Waals surface area contributed by atoms with Crippen molar-refractivity contribution in [2.24, 2.45) is 5.92 Å². The average molecular weight is 448 g/mol. The molecule has 9 heteroatoms. The van der Waals surface area contributed by atoms with Crippen LogP contribution < -0.4 is 16.6 Å². The first kappa shape index (κ1) is 22.1. The number of carbonyl (C=O) groups excluding carboxylic acids is 1. The standard InChI is InChI=1S/C24H24N4O5/c1-13(2)20(23(31)32)27-21(29)19(11-14-12-25-17-9-5-3-7-15(14)17)28-22(30)16-8-4-6-10-18(16)26-24(28)33/h3-10,12-13,19-20,25H,11H2,1-2H3,(H,26,33)(H,27,29)(H,31,32)/t19-,20+/m1/s1. The molecule has 2 heterocycles. The van der Waals surface area contributed by atoms with Gasteiger partial charge in [0.1, 0.15) is 12.1 Å². The summed E-state index contributed by atoms with van der Waals surface area (Å²) in [4.78, 5) is 57.1. The highest BCUT2D eigenvalue weighted by molar-refractivity contribution is 5.88. The van der Waals surface area contributed by atoms with E-state index in [1.165, 1.54) is 0 Å². The molecule has 9 nitrogen and oxygen atoms in total. The van der Waals surface area contributed by atoms with Gasteiger partial charge in [-0.25, -0.2) is 14.2 Å². The van der Waals surface area contributed by atoms with Gasteiger partial charge in [0, 0.05) is 23.5 Å². The Balaban J connectivity index is 1.85. The molecule has 4 aromatic rings. The van der Waals surface area contributed by atoms with Crippen LogP contribution in [0.2, 0.25) is 0 Å². The van der Waals surface area contributed by atoms with Crippen LogP contribution in [0.4, 0.5) is 0 Å². The molecule has 0 radical (unpaired) electrons. The number of carbonyl (C=O) groups is 2. The summed E-state index contributed by atoms with van der Waals surface area (Å²) in [6, 6.07) is 11.6. The first-order valence-electron chi connectivity index (χ1n) is 10.6. The lowest BCUT2D eigenvalue weighted by Gasteiger charge is -2.23. The maximum atomic E-state index is 13.4. The van der Waals surface area contributed by atoms with E-state index in [1.807, 2.05) is 24.3 Å². The van der Waals surface area contributed by atoms with Crippen molar-refractivity contribution in [1.82, 2.24) is 19.9 Å². The molecule has 0 spiro atoms. The van der Waals surface area contributed by atoms with E-state index in [9.17, 15) is 24.3 Å². The monoisotopic (exact) mass is 448 g/mol. The summed E-state index contributed by atoms with van der Waals surface area (Å²) in [6.07, 6.45) is 1.74. The summed E-state index contributed by atoms with van der Waals surface area (Å²) in [5.41, 5.74) is 0.570. The SMILES string of the molecule is CC(C)[C@H](NC(=O)[C@@H](Cc1c[nH]c2ccccc12)n1c(=O)[nH]c2ccccc2c1=O)C(=O)O. The summed E-state index contributed by atoms with van der Waals surface area (Å²) in [5, 5.41) is 13.2. The van der Waals surface area contributed by atoms with Gasteiger partial charge >= 0.3 is 11.7 Å². The predicted octanol–water partition coefficient (Wildman–Crippen LogP) is 2.18. The number of aromatic amines is 2. The van der Waals surface area contributed by atoms with Crippen molar-refractivity contribution in [3.8, 4) is 0 Å². The fourth-order valence-electron chi connectivity index (χ4n) is 4.03. The molecule has 170 valence electrons. The van der Waals surface area contributed by atoms with Crippen LogP contribution in [-0.2, 0) is 16.0 Å². The van der Waals surface area contributed by atoms with Gasteiger partial charge in [0.05, 0.1) is 10.9 Å². The lowest BCUT2D eigenvalue weighted by molar-refractivity contribution is -0.143. The van der Waals surface area contributed by atoms with E-state index in [2.05, 4.69) is 15.3 Å². The van der Waals surface area contributed by atoms with E-state index < -0.39 is 41.1 Å². The van der Waals surface area contributed by atoms with Crippen LogP contribution in [0.25, 0.3) is 21.8 Å². The third kappa shape index (κ3) is 4.17. The second-order valence-electron chi connectivity index (χ2n) is 8.30. The molecule has 0 unspecified atom stereocenters. The summed E-state index contributed by atoms with van der Waals surface area (Å²) < 4.78 is 0.874. The van der Waals surface area contributed by atoms with Gasteiger partial charge in [-0.2, -0.15) is 0 Å². The van der Waals surface area contributed by atoms with Gasteiger partial charge in [-0.1, -0.05) is 44.2 Å². The number of H-pyrrole nitrogens is 2. The molecule has 4 N–H and O–H groups in total. The second kappa shape index (κ2) is 8.78. The Labute approximate surface area is 188 Å². The smallest absolute Gasteiger partial charge is 0.329 e. The zero-order chi connectivity index (χ0) is 23.7. The van der Waals surface area contributed by atoms with E-state index in [1.54, 1.807) is 44.3 Å². The van der Waals surface area contributed by atoms with Crippen molar-refractivity contribution in [3.63, 3.8) is 0 Å². The molecule has 2 atom stereocenters. The van der Waals surface area contributed by atoms with Crippen LogP contribution in [0.1, 0.15) is 25.5 Å². The highest BCUT2D eigenvalue weighted by atomic mass is 16.4. The zero-order valence-electron chi connectivity index (χ0n) is 18.2. The lowest BCUT2D eigenvalue weighted by atomic mass is 10.0. The largest absolute Gasteiger partial charge is 0.480 e. The van der Waals surface area contributed by atoms with Gasteiger partial charge in [-0.05, 0) is 29.7 Å². The lowest BCUT2D eigenvalue weighted by Crippen LogP contribution is -2.51. The van der Waals surface area contributed by atoms with Gasteiger partial charge in [-0.3, -0.25) is 9.59 Å². The fourth-order valence-corrected chi connectivity index (χ4v) is 4.03. The number of hydrogen-bond acceptors (Lipinski definition) is 4. The minimum absolute atomic E-state index is 0.0155. The van der Waals surface area contributed by atoms with Crippen LogP contribution in [-0.4, -0.2) is 37.6 Å². The van der Waals surface area contributed by atoms with Crippen LogP contribution in [0.3, 0.4) is 0 Å². The third-order valence-electron chi connectivity index (χ3n) is 5.77. The number of hydrogen-bond donors (Lipinski definition) is 4. The van der Waals surface area contributed by atoms with E-state index >= 15 is 0 Å². The summed E-state index contributed by atoms with van der Waals surface area (Å²) in [7, 11) is 0. The first-order chi connectivity index (χ1) is 15.8. The predicted molar refractivity (Wildman–Crippen MR) is 124 cm³/mol. The molecule has 2 aromatic carbocycles. The molecule has 0 aliphatic heterocycles. The van der Waals surface area contributed by atoms with Crippen molar-refractivity contribution in [2.45, 2.75) is 32.4 Å². The molecular weight excluding hydrogens is 424 g/mol. The normalized spacial score (nSPS) is 13.3. The van der Waals surface area contributed by atoms with Crippen molar-refractivity contribution in [3.05, 3.63) is 81.1 Å². The Morgan fingerprint density at radius 2 is 1.64 bits per heavy atom. The van der Waals surface area contributed by atoms with Crippen molar-refractivity contribution < 1.29 is 14.7 Å². The number of amides is 1. The minimum Gasteiger partial charge on any atom is -0.480 e. The minimum atomic E-state index is -1.26. The van der Waals surface area contributed by atoms with Crippen molar-refractivity contribution in [2.75, 3.05) is 0 Å². The van der Waals surface area contributed by atoms with Gasteiger partial charge in [-0.15, -0.1) is 0 Å². The molecule has 4 rings (SSSR count). The maximum Gasteiger partial charge on any atom is 0.329 e. The highest BCUT2D eigenvalue weighted by Crippen LogP contribution is 2.23. The molecule has 0 aliphatic carbocycles. The Morgan fingerprint density at radius 3 is 2.30 bits per heavy atom. The number of aromatic nitrogens is 3. The summed E-state index contributed by atoms with van der Waals surface area (Å²) >= 11 is 0. The molecule has 1 amide bonds. The Hall–Kier alpha value is -4.14. The molecule has 0 saturated carbocycles. The van der Waals surface area contributed by atoms with E-state index in [0.717, 1.165) is 21.0 Å². The fraction of sp³-hybridized carbons (Fsp3) is 0.250. The van der Waals surface area contributed by atoms with Crippen molar-refractivity contribution in [1.29, 1.82) is 0 Å². The molecule has 0 bridgehead atoms. The highest BCUT2D eigenvalue weighted by Gasteiger charge is 2.31. The van der Waals surface area contributed by atoms with E-state index in [4.69, 9.17) is 0 Å². The molecule has 0 fully saturated rings. The van der Waals surface area contributed by atoms with Crippen LogP contribution in [0, 0.1) is 5.92 Å². The molecule has 2 aromatic heterocycles. The van der Waals surface area contributed by atoms with Crippen LogP contribution in [0.5, 0.6) is 0 Å². The molecular formula is C24H24N4O5. The summed E-state index contributed by atoms with van der Waals surface area (Å²) in [5.74, 6) is -2.31. The van der Waals surface area contributed by atoms with Gasteiger partial charge in [0.15, 0.2) is 0 Å². The Kier molecular flexibility index (Phi) is 5.87. The second-order valence-corrected chi connectivity index (χ2v) is 8.30. The average Bonchev–Trinajstić information content (AvgIpc) is 3.19. The molecule has 0 saturated heterocycles. The third-order valence-corrected chi connectivity index (χ3v) is 5.77. The molecule has 33 heavy (non-hydrogen) atoms. The molecule has 0 aliphatic rings.